The zero-order valence-corrected chi connectivity index (χ0v) is 9.95. The fourth-order valence-corrected chi connectivity index (χ4v) is 1.98. The molecule has 1 aromatic rings. The molecule has 0 unspecified atom stereocenters. The van der Waals surface area contributed by atoms with Crippen molar-refractivity contribution in [1.82, 2.24) is 0 Å². The molecule has 0 saturated carbocycles. The fraction of sp³-hybridized carbons (Fsp3) is 0.429. The number of rotatable bonds is 3. The Labute approximate surface area is 102 Å². The van der Waals surface area contributed by atoms with Gasteiger partial charge in [0.1, 0.15) is 6.10 Å². The van der Waals surface area contributed by atoms with E-state index >= 15 is 0 Å². The summed E-state index contributed by atoms with van der Waals surface area (Å²) in [6.07, 6.45) is 0.888. The van der Waals surface area contributed by atoms with Crippen LogP contribution < -0.4 is 0 Å². The molecule has 1 saturated heterocycles. The Morgan fingerprint density at radius 3 is 2.65 bits per heavy atom. The molecule has 17 heavy (non-hydrogen) atoms. The van der Waals surface area contributed by atoms with Gasteiger partial charge in [-0.25, -0.2) is 0 Å². The third-order valence-corrected chi connectivity index (χ3v) is 2.97. The Hall–Kier alpha value is -1.16. The second kappa shape index (κ2) is 5.45. The highest BCUT2D eigenvalue weighted by Crippen LogP contribution is 2.31. The minimum Gasteiger partial charge on any atom is -0.388 e. The van der Waals surface area contributed by atoms with E-state index in [0.29, 0.717) is 6.42 Å². The van der Waals surface area contributed by atoms with E-state index in [1.165, 1.54) is 0 Å². The van der Waals surface area contributed by atoms with Gasteiger partial charge in [0.05, 0.1) is 12.2 Å². The maximum atomic E-state index is 9.94. The molecule has 0 aromatic heterocycles. The third-order valence-electron chi connectivity index (χ3n) is 2.97. The summed E-state index contributed by atoms with van der Waals surface area (Å²) >= 11 is 0. The van der Waals surface area contributed by atoms with Crippen LogP contribution in [0.3, 0.4) is 0 Å². The van der Waals surface area contributed by atoms with Gasteiger partial charge in [0, 0.05) is 5.56 Å². The number of hydrogen-bond donors (Lipinski definition) is 1. The molecular weight excluding hydrogens is 216 g/mol. The van der Waals surface area contributed by atoms with Gasteiger partial charge >= 0.3 is 0 Å². The quantitative estimate of drug-likeness (QED) is 0.816. The van der Waals surface area contributed by atoms with Crippen LogP contribution in [0.4, 0.5) is 0 Å². The molecule has 1 aliphatic rings. The Bertz CT molecular complexity index is 363. The monoisotopic (exact) mass is 234 g/mol. The molecule has 1 aliphatic heterocycles. The summed E-state index contributed by atoms with van der Waals surface area (Å²) < 4.78 is 11.4. The molecule has 0 amide bonds. The highest BCUT2D eigenvalue weighted by Gasteiger charge is 2.35. The van der Waals surface area contributed by atoms with E-state index in [-0.39, 0.29) is 12.2 Å². The first-order valence-corrected chi connectivity index (χ1v) is 5.87. The molecule has 2 rings (SSSR count). The van der Waals surface area contributed by atoms with Crippen molar-refractivity contribution in [2.75, 3.05) is 0 Å². The lowest BCUT2D eigenvalue weighted by Gasteiger charge is -2.38. The van der Waals surface area contributed by atoms with E-state index in [4.69, 9.17) is 9.47 Å². The third kappa shape index (κ3) is 2.75. The lowest BCUT2D eigenvalue weighted by atomic mass is 10.0. The number of hydrogen-bond acceptors (Lipinski definition) is 3. The van der Waals surface area contributed by atoms with Crippen molar-refractivity contribution in [3.63, 3.8) is 0 Å². The van der Waals surface area contributed by atoms with Crippen LogP contribution in [0.1, 0.15) is 25.2 Å². The van der Waals surface area contributed by atoms with Crippen LogP contribution in [0.15, 0.2) is 43.0 Å². The van der Waals surface area contributed by atoms with E-state index in [0.717, 1.165) is 5.56 Å². The number of benzene rings is 1. The summed E-state index contributed by atoms with van der Waals surface area (Å²) in [6, 6.07) is 9.76. The van der Waals surface area contributed by atoms with Crippen molar-refractivity contribution in [3.8, 4) is 0 Å². The van der Waals surface area contributed by atoms with Crippen LogP contribution in [-0.2, 0) is 9.47 Å². The average molecular weight is 234 g/mol. The molecule has 1 fully saturated rings. The minimum absolute atomic E-state index is 0.237. The van der Waals surface area contributed by atoms with Crippen LogP contribution in [0.25, 0.3) is 0 Å². The predicted molar refractivity (Wildman–Crippen MR) is 65.4 cm³/mol. The van der Waals surface area contributed by atoms with Gasteiger partial charge < -0.3 is 14.6 Å². The number of ether oxygens (including phenoxy) is 2. The van der Waals surface area contributed by atoms with Crippen LogP contribution in [-0.4, -0.2) is 23.4 Å². The van der Waals surface area contributed by atoms with E-state index in [1.807, 2.05) is 37.3 Å². The van der Waals surface area contributed by atoms with Crippen LogP contribution >= 0.6 is 0 Å². The van der Waals surface area contributed by atoms with Gasteiger partial charge in [-0.05, 0) is 13.3 Å². The van der Waals surface area contributed by atoms with Crippen molar-refractivity contribution < 1.29 is 14.6 Å². The molecular formula is C14H18O3. The molecule has 0 spiro atoms. The SMILES string of the molecule is C=CC[C@H]1O[C@@H](c2ccccc2)O[C@H](C)[C@@H]1O. The Kier molecular flexibility index (Phi) is 3.94. The van der Waals surface area contributed by atoms with Gasteiger partial charge in [0.2, 0.25) is 0 Å². The first kappa shape index (κ1) is 12.3. The summed E-state index contributed by atoms with van der Waals surface area (Å²) in [5, 5.41) is 9.94. The van der Waals surface area contributed by atoms with Gasteiger partial charge in [-0.1, -0.05) is 36.4 Å². The molecule has 4 atom stereocenters. The topological polar surface area (TPSA) is 38.7 Å². The predicted octanol–water partition coefficient (Wildman–Crippen LogP) is 2.43. The molecule has 0 radical (unpaired) electrons. The molecule has 3 nitrogen and oxygen atoms in total. The Morgan fingerprint density at radius 1 is 1.29 bits per heavy atom. The van der Waals surface area contributed by atoms with Crippen molar-refractivity contribution in [2.24, 2.45) is 0 Å². The second-order valence-corrected chi connectivity index (χ2v) is 4.27. The Morgan fingerprint density at radius 2 is 2.00 bits per heavy atom. The lowest BCUT2D eigenvalue weighted by Crippen LogP contribution is -2.45. The highest BCUT2D eigenvalue weighted by atomic mass is 16.7. The summed E-state index contributed by atoms with van der Waals surface area (Å²) in [4.78, 5) is 0. The molecule has 92 valence electrons. The molecule has 3 heteroatoms. The van der Waals surface area contributed by atoms with Crippen molar-refractivity contribution in [2.45, 2.75) is 37.9 Å². The first-order chi connectivity index (χ1) is 8.22. The average Bonchev–Trinajstić information content (AvgIpc) is 2.36. The highest BCUT2D eigenvalue weighted by molar-refractivity contribution is 5.16. The molecule has 1 heterocycles. The van der Waals surface area contributed by atoms with Crippen LogP contribution in [0.5, 0.6) is 0 Å². The summed E-state index contributed by atoms with van der Waals surface area (Å²) in [6.45, 7) is 5.54. The van der Waals surface area contributed by atoms with Gasteiger partial charge in [-0.15, -0.1) is 6.58 Å². The van der Waals surface area contributed by atoms with E-state index < -0.39 is 12.4 Å². The van der Waals surface area contributed by atoms with Gasteiger partial charge in [0.15, 0.2) is 6.29 Å². The zero-order valence-electron chi connectivity index (χ0n) is 9.95. The number of aliphatic hydroxyl groups excluding tert-OH is 1. The van der Waals surface area contributed by atoms with Crippen molar-refractivity contribution >= 4 is 0 Å². The normalized spacial score (nSPS) is 33.3. The lowest BCUT2D eigenvalue weighted by molar-refractivity contribution is -0.283. The van der Waals surface area contributed by atoms with E-state index in [9.17, 15) is 5.11 Å². The zero-order chi connectivity index (χ0) is 12.3. The maximum Gasteiger partial charge on any atom is 0.184 e. The van der Waals surface area contributed by atoms with Gasteiger partial charge in [-0.3, -0.25) is 0 Å². The smallest absolute Gasteiger partial charge is 0.184 e. The van der Waals surface area contributed by atoms with Crippen LogP contribution in [0.2, 0.25) is 0 Å². The minimum atomic E-state index is -0.604. The van der Waals surface area contributed by atoms with Gasteiger partial charge in [0.25, 0.3) is 0 Å². The molecule has 0 aliphatic carbocycles. The first-order valence-electron chi connectivity index (χ1n) is 5.87. The molecule has 1 aromatic carbocycles. The summed E-state index contributed by atoms with van der Waals surface area (Å²) in [5.41, 5.74) is 0.973. The van der Waals surface area contributed by atoms with Crippen molar-refractivity contribution in [1.29, 1.82) is 0 Å². The maximum absolute atomic E-state index is 9.94. The summed E-state index contributed by atoms with van der Waals surface area (Å²) in [7, 11) is 0. The summed E-state index contributed by atoms with van der Waals surface area (Å²) in [5.74, 6) is 0. The van der Waals surface area contributed by atoms with Gasteiger partial charge in [-0.2, -0.15) is 0 Å². The Balaban J connectivity index is 2.13. The van der Waals surface area contributed by atoms with E-state index in [1.54, 1.807) is 6.08 Å². The van der Waals surface area contributed by atoms with Crippen LogP contribution in [0, 0.1) is 0 Å². The molecule has 1 N–H and O–H groups in total. The fourth-order valence-electron chi connectivity index (χ4n) is 1.98. The molecule has 0 bridgehead atoms. The van der Waals surface area contributed by atoms with E-state index in [2.05, 4.69) is 6.58 Å². The number of aliphatic hydroxyl groups is 1. The second-order valence-electron chi connectivity index (χ2n) is 4.27. The van der Waals surface area contributed by atoms with Crippen molar-refractivity contribution in [3.05, 3.63) is 48.6 Å². The standard InChI is InChI=1S/C14H18O3/c1-3-7-12-13(15)10(2)16-14(17-12)11-8-5-4-6-9-11/h3-6,8-10,12-15H,1,7H2,2H3/t10-,12-,13+,14+/m1/s1. The largest absolute Gasteiger partial charge is 0.388 e.